The van der Waals surface area contributed by atoms with Gasteiger partial charge in [-0.25, -0.2) is 18.7 Å². The van der Waals surface area contributed by atoms with E-state index < -0.39 is 29.4 Å². The van der Waals surface area contributed by atoms with Crippen LogP contribution in [0.15, 0.2) is 36.7 Å². The molecule has 0 aliphatic carbocycles. The van der Waals surface area contributed by atoms with Crippen molar-refractivity contribution in [2.45, 2.75) is 45.6 Å². The summed E-state index contributed by atoms with van der Waals surface area (Å²) < 4.78 is 33.1. The zero-order valence-electron chi connectivity index (χ0n) is 17.4. The lowest BCUT2D eigenvalue weighted by molar-refractivity contribution is -0.142. The van der Waals surface area contributed by atoms with E-state index in [1.54, 1.807) is 30.5 Å². The first kappa shape index (κ1) is 22.1. The molecule has 3 aromatic rings. The Morgan fingerprint density at radius 1 is 1.19 bits per heavy atom. The quantitative estimate of drug-likeness (QED) is 0.583. The van der Waals surface area contributed by atoms with Gasteiger partial charge in [0.2, 0.25) is 0 Å². The van der Waals surface area contributed by atoms with Gasteiger partial charge >= 0.3 is 5.97 Å². The monoisotopic (exact) mass is 432 g/mol. The highest BCUT2D eigenvalue weighted by Crippen LogP contribution is 2.30. The van der Waals surface area contributed by atoms with Crippen LogP contribution in [0.25, 0.3) is 5.65 Å². The number of rotatable bonds is 7. The van der Waals surface area contributed by atoms with Crippen molar-refractivity contribution in [2.75, 3.05) is 5.32 Å². The van der Waals surface area contributed by atoms with E-state index in [0.29, 0.717) is 17.1 Å². The van der Waals surface area contributed by atoms with Gasteiger partial charge in [0.05, 0.1) is 11.8 Å². The van der Waals surface area contributed by atoms with Gasteiger partial charge in [0, 0.05) is 18.5 Å². The van der Waals surface area contributed by atoms with Crippen LogP contribution in [0.5, 0.6) is 5.75 Å². The number of amides is 1. The Hall–Kier alpha value is -3.56. The van der Waals surface area contributed by atoms with E-state index in [0.717, 1.165) is 6.07 Å². The molecule has 0 spiro atoms. The molecule has 31 heavy (non-hydrogen) atoms. The number of fused-ring (bicyclic) bond motifs is 1. The number of pyridine rings is 2. The zero-order chi connectivity index (χ0) is 22.9. The van der Waals surface area contributed by atoms with Gasteiger partial charge in [0.1, 0.15) is 33.9 Å². The Labute approximate surface area is 176 Å². The van der Waals surface area contributed by atoms with Gasteiger partial charge in [-0.15, -0.1) is 0 Å². The second kappa shape index (κ2) is 8.29. The Morgan fingerprint density at radius 3 is 2.52 bits per heavy atom. The number of aromatic nitrogens is 3. The number of hydrogen-bond acceptors (Lipinski definition) is 5. The van der Waals surface area contributed by atoms with Gasteiger partial charge < -0.3 is 19.6 Å². The van der Waals surface area contributed by atoms with Gasteiger partial charge in [-0.3, -0.25) is 9.59 Å². The minimum atomic E-state index is -2.80. The van der Waals surface area contributed by atoms with Crippen molar-refractivity contribution in [3.63, 3.8) is 0 Å². The van der Waals surface area contributed by atoms with Crippen LogP contribution in [-0.2, 0) is 10.2 Å². The van der Waals surface area contributed by atoms with Gasteiger partial charge in [-0.05, 0) is 39.8 Å². The minimum absolute atomic E-state index is 0.174. The molecule has 164 valence electrons. The average molecular weight is 432 g/mol. The predicted octanol–water partition coefficient (Wildman–Crippen LogP) is 4.07. The topological polar surface area (TPSA) is 106 Å². The minimum Gasteiger partial charge on any atom is -0.489 e. The molecule has 0 unspecified atom stereocenters. The van der Waals surface area contributed by atoms with Crippen molar-refractivity contribution < 1.29 is 28.2 Å². The lowest BCUT2D eigenvalue weighted by Gasteiger charge is -2.15. The maximum Gasteiger partial charge on any atom is 0.315 e. The molecule has 0 aliphatic rings. The summed E-state index contributed by atoms with van der Waals surface area (Å²) in [5.41, 5.74) is -0.897. The summed E-state index contributed by atoms with van der Waals surface area (Å²) in [5, 5.41) is 12.1. The summed E-state index contributed by atoms with van der Waals surface area (Å²) in [7, 11) is 0. The van der Waals surface area contributed by atoms with Crippen LogP contribution >= 0.6 is 0 Å². The van der Waals surface area contributed by atoms with Crippen LogP contribution in [0.4, 0.5) is 14.5 Å². The molecule has 0 fully saturated rings. The van der Waals surface area contributed by atoms with Crippen molar-refractivity contribution >= 4 is 23.2 Å². The molecule has 0 saturated heterocycles. The standard InChI is InChI=1S/C21H22F2N4O4/c1-11(2)31-15-8-17-26-16(21(3,4)20(29)30)10-27(17)9-14(15)25-19(28)13-7-5-6-12(24-13)18(22)23/h5-11,18H,1-4H3,(H,25,28)(H,29,30). The lowest BCUT2D eigenvalue weighted by atomic mass is 9.90. The number of imidazole rings is 1. The molecule has 10 heteroatoms. The molecule has 0 aromatic carbocycles. The van der Waals surface area contributed by atoms with Gasteiger partial charge in [0.25, 0.3) is 12.3 Å². The van der Waals surface area contributed by atoms with Crippen molar-refractivity contribution in [3.8, 4) is 5.75 Å². The summed E-state index contributed by atoms with van der Waals surface area (Å²) in [5.74, 6) is -1.43. The highest BCUT2D eigenvalue weighted by atomic mass is 19.3. The molecule has 3 aromatic heterocycles. The highest BCUT2D eigenvalue weighted by molar-refractivity contribution is 6.03. The fourth-order valence-corrected chi connectivity index (χ4v) is 2.76. The molecular formula is C21H22F2N4O4. The highest BCUT2D eigenvalue weighted by Gasteiger charge is 2.32. The summed E-state index contributed by atoms with van der Waals surface area (Å²) in [6, 6.07) is 5.36. The van der Waals surface area contributed by atoms with Crippen LogP contribution in [0.1, 0.15) is 56.0 Å². The van der Waals surface area contributed by atoms with Gasteiger partial charge in [0.15, 0.2) is 0 Å². The third kappa shape index (κ3) is 4.62. The molecule has 0 radical (unpaired) electrons. The van der Waals surface area contributed by atoms with E-state index in [1.165, 1.54) is 32.2 Å². The first-order chi connectivity index (χ1) is 14.5. The Kier molecular flexibility index (Phi) is 5.92. The van der Waals surface area contributed by atoms with Crippen LogP contribution in [0, 0.1) is 0 Å². The Bertz CT molecular complexity index is 1140. The van der Waals surface area contributed by atoms with E-state index in [2.05, 4.69) is 15.3 Å². The van der Waals surface area contributed by atoms with E-state index in [9.17, 15) is 23.5 Å². The maximum absolute atomic E-state index is 12.9. The molecule has 1 amide bonds. The molecular weight excluding hydrogens is 410 g/mol. The molecule has 0 saturated carbocycles. The van der Waals surface area contributed by atoms with Gasteiger partial charge in [-0.1, -0.05) is 6.07 Å². The van der Waals surface area contributed by atoms with E-state index in [-0.39, 0.29) is 17.5 Å². The van der Waals surface area contributed by atoms with Crippen molar-refractivity contribution in [1.82, 2.24) is 14.4 Å². The smallest absolute Gasteiger partial charge is 0.315 e. The number of ether oxygens (including phenoxy) is 1. The number of carboxylic acids is 1. The number of anilines is 1. The number of nitrogens with one attached hydrogen (secondary N) is 1. The largest absolute Gasteiger partial charge is 0.489 e. The van der Waals surface area contributed by atoms with E-state index >= 15 is 0 Å². The number of carboxylic acid groups (broad SMARTS) is 1. The van der Waals surface area contributed by atoms with Crippen LogP contribution in [0.3, 0.4) is 0 Å². The fraction of sp³-hybridized carbons (Fsp3) is 0.333. The molecule has 8 nitrogen and oxygen atoms in total. The number of nitrogens with zero attached hydrogens (tertiary/aromatic N) is 3. The van der Waals surface area contributed by atoms with E-state index in [1.807, 2.05) is 0 Å². The number of carbonyl (C=O) groups excluding carboxylic acids is 1. The lowest BCUT2D eigenvalue weighted by Crippen LogP contribution is -2.28. The summed E-state index contributed by atoms with van der Waals surface area (Å²) in [4.78, 5) is 32.3. The summed E-state index contributed by atoms with van der Waals surface area (Å²) in [6.45, 7) is 6.67. The number of aliphatic carboxylic acids is 1. The molecule has 3 rings (SSSR count). The van der Waals surface area contributed by atoms with Crippen molar-refractivity contribution in [2.24, 2.45) is 0 Å². The second-order valence-corrected chi connectivity index (χ2v) is 7.74. The second-order valence-electron chi connectivity index (χ2n) is 7.74. The van der Waals surface area contributed by atoms with Crippen molar-refractivity contribution in [3.05, 3.63) is 53.7 Å². The third-order valence-corrected chi connectivity index (χ3v) is 4.57. The van der Waals surface area contributed by atoms with Crippen LogP contribution in [0.2, 0.25) is 0 Å². The van der Waals surface area contributed by atoms with Crippen LogP contribution < -0.4 is 10.1 Å². The summed E-state index contributed by atoms with van der Waals surface area (Å²) in [6.07, 6.45) is 0.0405. The van der Waals surface area contributed by atoms with Crippen molar-refractivity contribution in [1.29, 1.82) is 0 Å². The van der Waals surface area contributed by atoms with Crippen LogP contribution in [-0.4, -0.2) is 37.5 Å². The number of halogens is 2. The zero-order valence-corrected chi connectivity index (χ0v) is 17.4. The normalized spacial score (nSPS) is 11.9. The SMILES string of the molecule is CC(C)Oc1cc2nc(C(C)(C)C(=O)O)cn2cc1NC(=O)c1cccc(C(F)F)n1. The first-order valence-corrected chi connectivity index (χ1v) is 9.48. The molecule has 0 atom stereocenters. The predicted molar refractivity (Wildman–Crippen MR) is 109 cm³/mol. The average Bonchev–Trinajstić information content (AvgIpc) is 3.11. The fourth-order valence-electron chi connectivity index (χ4n) is 2.76. The molecule has 0 aliphatic heterocycles. The van der Waals surface area contributed by atoms with Gasteiger partial charge in [-0.2, -0.15) is 0 Å². The molecule has 2 N–H and O–H groups in total. The first-order valence-electron chi connectivity index (χ1n) is 9.48. The molecule has 3 heterocycles. The third-order valence-electron chi connectivity index (χ3n) is 4.57. The Morgan fingerprint density at radius 2 is 1.90 bits per heavy atom. The number of hydrogen-bond donors (Lipinski definition) is 2. The van der Waals surface area contributed by atoms with E-state index in [4.69, 9.17) is 4.74 Å². The summed E-state index contributed by atoms with van der Waals surface area (Å²) >= 11 is 0. The molecule has 0 bridgehead atoms. The number of alkyl halides is 2. The number of carbonyl (C=O) groups is 2. The maximum atomic E-state index is 12.9. The Balaban J connectivity index is 2.02.